The van der Waals surface area contributed by atoms with Crippen molar-refractivity contribution in [3.8, 4) is 11.5 Å². The van der Waals surface area contributed by atoms with Gasteiger partial charge in [-0.1, -0.05) is 13.0 Å². The smallest absolute Gasteiger partial charge is 0.311 e. The highest BCUT2D eigenvalue weighted by Gasteiger charge is 2.08. The van der Waals surface area contributed by atoms with Crippen molar-refractivity contribution in [2.24, 2.45) is 0 Å². The number of aryl methyl sites for hydroxylation is 1. The summed E-state index contributed by atoms with van der Waals surface area (Å²) in [7, 11) is 0. The fourth-order valence-electron chi connectivity index (χ4n) is 1.16. The first kappa shape index (κ1) is 11.6. The van der Waals surface area contributed by atoms with Crippen LogP contribution in [0.2, 0.25) is 0 Å². The zero-order valence-corrected chi connectivity index (χ0v) is 9.37. The first-order valence-corrected chi connectivity index (χ1v) is 5.11. The Balaban J connectivity index is 2.89. The average Bonchev–Trinajstić information content (AvgIpc) is 2.22. The second-order valence-corrected chi connectivity index (χ2v) is 3.21. The van der Waals surface area contributed by atoms with Gasteiger partial charge in [-0.05, 0) is 31.5 Å². The average molecular weight is 208 g/mol. The van der Waals surface area contributed by atoms with Gasteiger partial charge in [0.25, 0.3) is 0 Å². The molecule has 3 nitrogen and oxygen atoms in total. The van der Waals surface area contributed by atoms with E-state index in [2.05, 4.69) is 0 Å². The molecule has 0 bridgehead atoms. The topological polar surface area (TPSA) is 35.5 Å². The normalized spacial score (nSPS) is 9.80. The van der Waals surface area contributed by atoms with Gasteiger partial charge in [-0.3, -0.25) is 4.79 Å². The lowest BCUT2D eigenvalue weighted by atomic mass is 10.2. The number of carbonyl (C=O) groups excluding carboxylic acids is 1. The third kappa shape index (κ3) is 3.27. The van der Waals surface area contributed by atoms with Gasteiger partial charge in [0.05, 0.1) is 6.61 Å². The monoisotopic (exact) mass is 208 g/mol. The SMILES string of the molecule is CCOc1cc(C)ccc1OC(=O)CC. The van der Waals surface area contributed by atoms with Crippen LogP contribution in [0.4, 0.5) is 0 Å². The number of rotatable bonds is 4. The quantitative estimate of drug-likeness (QED) is 0.563. The minimum atomic E-state index is -0.250. The van der Waals surface area contributed by atoms with Crippen LogP contribution in [0.25, 0.3) is 0 Å². The summed E-state index contributed by atoms with van der Waals surface area (Å²) in [5, 5.41) is 0. The summed E-state index contributed by atoms with van der Waals surface area (Å²) in [5.41, 5.74) is 1.08. The minimum Gasteiger partial charge on any atom is -0.490 e. The van der Waals surface area contributed by atoms with Gasteiger partial charge in [-0.25, -0.2) is 0 Å². The fourth-order valence-corrected chi connectivity index (χ4v) is 1.16. The molecule has 0 aliphatic carbocycles. The molecule has 0 heterocycles. The van der Waals surface area contributed by atoms with E-state index >= 15 is 0 Å². The molecule has 0 fully saturated rings. The zero-order valence-electron chi connectivity index (χ0n) is 9.37. The Morgan fingerprint density at radius 1 is 1.27 bits per heavy atom. The van der Waals surface area contributed by atoms with Crippen LogP contribution in [0.15, 0.2) is 18.2 Å². The Kier molecular flexibility index (Phi) is 4.16. The minimum absolute atomic E-state index is 0.250. The van der Waals surface area contributed by atoms with Crippen LogP contribution in [-0.4, -0.2) is 12.6 Å². The lowest BCUT2D eigenvalue weighted by Crippen LogP contribution is -2.07. The summed E-state index contributed by atoms with van der Waals surface area (Å²) in [6.45, 7) is 6.18. The van der Waals surface area contributed by atoms with Crippen LogP contribution in [0.1, 0.15) is 25.8 Å². The lowest BCUT2D eigenvalue weighted by molar-refractivity contribution is -0.134. The van der Waals surface area contributed by atoms with Gasteiger partial charge in [0.2, 0.25) is 0 Å². The number of hydrogen-bond donors (Lipinski definition) is 0. The van der Waals surface area contributed by atoms with E-state index in [-0.39, 0.29) is 5.97 Å². The molecule has 0 atom stereocenters. The molecule has 1 aromatic carbocycles. The molecule has 0 saturated heterocycles. The molecule has 0 aromatic heterocycles. The van der Waals surface area contributed by atoms with Crippen molar-refractivity contribution in [1.82, 2.24) is 0 Å². The standard InChI is InChI=1S/C12H16O3/c1-4-12(13)15-10-7-6-9(3)8-11(10)14-5-2/h6-8H,4-5H2,1-3H3. The van der Waals surface area contributed by atoms with Gasteiger partial charge in [-0.2, -0.15) is 0 Å². The van der Waals surface area contributed by atoms with E-state index in [1.165, 1.54) is 0 Å². The summed E-state index contributed by atoms with van der Waals surface area (Å²) in [6.07, 6.45) is 0.361. The van der Waals surface area contributed by atoms with Crippen LogP contribution in [0, 0.1) is 6.92 Å². The van der Waals surface area contributed by atoms with Gasteiger partial charge < -0.3 is 9.47 Å². The summed E-state index contributed by atoms with van der Waals surface area (Å²) >= 11 is 0. The van der Waals surface area contributed by atoms with Crippen LogP contribution in [0.3, 0.4) is 0 Å². The van der Waals surface area contributed by atoms with Gasteiger partial charge in [-0.15, -0.1) is 0 Å². The molecule has 1 rings (SSSR count). The van der Waals surface area contributed by atoms with Gasteiger partial charge in [0, 0.05) is 6.42 Å². The molecular weight excluding hydrogens is 192 g/mol. The Hall–Kier alpha value is -1.51. The van der Waals surface area contributed by atoms with Crippen LogP contribution in [-0.2, 0) is 4.79 Å². The molecule has 0 radical (unpaired) electrons. The fraction of sp³-hybridized carbons (Fsp3) is 0.417. The summed E-state index contributed by atoms with van der Waals surface area (Å²) in [5.74, 6) is 0.869. The van der Waals surface area contributed by atoms with Crippen molar-refractivity contribution in [3.05, 3.63) is 23.8 Å². The first-order chi connectivity index (χ1) is 7.17. The molecular formula is C12H16O3. The molecule has 3 heteroatoms. The maximum atomic E-state index is 11.1. The molecule has 0 unspecified atom stereocenters. The molecule has 82 valence electrons. The summed E-state index contributed by atoms with van der Waals surface area (Å²) in [6, 6.07) is 5.51. The molecule has 0 amide bonds. The Morgan fingerprint density at radius 3 is 2.60 bits per heavy atom. The van der Waals surface area contributed by atoms with Gasteiger partial charge in [0.1, 0.15) is 0 Å². The molecule has 0 spiro atoms. The Morgan fingerprint density at radius 2 is 2.00 bits per heavy atom. The van der Waals surface area contributed by atoms with E-state index < -0.39 is 0 Å². The van der Waals surface area contributed by atoms with Crippen LogP contribution < -0.4 is 9.47 Å². The maximum Gasteiger partial charge on any atom is 0.311 e. The highest BCUT2D eigenvalue weighted by Crippen LogP contribution is 2.28. The van der Waals surface area contributed by atoms with E-state index in [9.17, 15) is 4.79 Å². The number of ether oxygens (including phenoxy) is 2. The summed E-state index contributed by atoms with van der Waals surface area (Å²) < 4.78 is 10.5. The maximum absolute atomic E-state index is 11.1. The Labute approximate surface area is 90.0 Å². The first-order valence-electron chi connectivity index (χ1n) is 5.11. The number of hydrogen-bond acceptors (Lipinski definition) is 3. The molecule has 15 heavy (non-hydrogen) atoms. The van der Waals surface area contributed by atoms with E-state index in [1.807, 2.05) is 26.0 Å². The van der Waals surface area contributed by atoms with Crippen molar-refractivity contribution in [2.45, 2.75) is 27.2 Å². The molecule has 0 aliphatic rings. The summed E-state index contributed by atoms with van der Waals surface area (Å²) in [4.78, 5) is 11.1. The van der Waals surface area contributed by atoms with Crippen molar-refractivity contribution in [3.63, 3.8) is 0 Å². The third-order valence-corrected chi connectivity index (χ3v) is 1.91. The largest absolute Gasteiger partial charge is 0.490 e. The highest BCUT2D eigenvalue weighted by atomic mass is 16.6. The molecule has 0 N–H and O–H groups in total. The third-order valence-electron chi connectivity index (χ3n) is 1.91. The molecule has 1 aromatic rings. The zero-order chi connectivity index (χ0) is 11.3. The van der Waals surface area contributed by atoms with E-state index in [0.29, 0.717) is 24.5 Å². The second-order valence-electron chi connectivity index (χ2n) is 3.21. The number of benzene rings is 1. The van der Waals surface area contributed by atoms with E-state index in [0.717, 1.165) is 5.56 Å². The van der Waals surface area contributed by atoms with Gasteiger partial charge in [0.15, 0.2) is 11.5 Å². The van der Waals surface area contributed by atoms with Crippen molar-refractivity contribution in [1.29, 1.82) is 0 Å². The highest BCUT2D eigenvalue weighted by molar-refractivity contribution is 5.72. The number of carbonyl (C=O) groups is 1. The van der Waals surface area contributed by atoms with Gasteiger partial charge >= 0.3 is 5.97 Å². The van der Waals surface area contributed by atoms with E-state index in [4.69, 9.17) is 9.47 Å². The molecule has 0 aliphatic heterocycles. The molecule has 0 saturated carbocycles. The van der Waals surface area contributed by atoms with Crippen molar-refractivity contribution >= 4 is 5.97 Å². The van der Waals surface area contributed by atoms with Crippen LogP contribution >= 0.6 is 0 Å². The predicted octanol–water partition coefficient (Wildman–Crippen LogP) is 2.71. The van der Waals surface area contributed by atoms with Crippen LogP contribution in [0.5, 0.6) is 11.5 Å². The second kappa shape index (κ2) is 5.39. The van der Waals surface area contributed by atoms with E-state index in [1.54, 1.807) is 13.0 Å². The van der Waals surface area contributed by atoms with Crippen molar-refractivity contribution < 1.29 is 14.3 Å². The lowest BCUT2D eigenvalue weighted by Gasteiger charge is -2.10. The number of esters is 1. The van der Waals surface area contributed by atoms with Crippen molar-refractivity contribution in [2.75, 3.05) is 6.61 Å². The predicted molar refractivity (Wildman–Crippen MR) is 58.3 cm³/mol. The Bertz CT molecular complexity index is 345.